The monoisotopic (exact) mass is 201 g/mol. The standard InChI is InChI=1S/C10H21N.C2H6O/c1-8-6-5-7-10(2,3)9(8)11-4;1-2-3/h8-9,11H,5-7H2,1-4H3;3H,2H2,1H3. The van der Waals surface area contributed by atoms with Crippen LogP contribution in [0.15, 0.2) is 0 Å². The first-order valence-electron chi connectivity index (χ1n) is 5.77. The van der Waals surface area contributed by atoms with E-state index in [1.807, 2.05) is 0 Å². The predicted octanol–water partition coefficient (Wildman–Crippen LogP) is 2.42. The Bertz CT molecular complexity index is 145. The van der Waals surface area contributed by atoms with Crippen molar-refractivity contribution in [1.29, 1.82) is 0 Å². The van der Waals surface area contributed by atoms with E-state index in [0.29, 0.717) is 5.41 Å². The molecule has 2 unspecified atom stereocenters. The fraction of sp³-hybridized carbons (Fsp3) is 1.00. The van der Waals surface area contributed by atoms with Crippen LogP contribution in [0, 0.1) is 11.3 Å². The summed E-state index contributed by atoms with van der Waals surface area (Å²) in [7, 11) is 2.09. The van der Waals surface area contributed by atoms with Crippen LogP contribution in [0.3, 0.4) is 0 Å². The third kappa shape index (κ3) is 3.97. The molecule has 0 bridgehead atoms. The van der Waals surface area contributed by atoms with Gasteiger partial charge in [-0.15, -0.1) is 0 Å². The van der Waals surface area contributed by atoms with Crippen LogP contribution >= 0.6 is 0 Å². The molecule has 0 aliphatic heterocycles. The molecule has 1 saturated carbocycles. The number of hydrogen-bond donors (Lipinski definition) is 2. The van der Waals surface area contributed by atoms with Crippen LogP contribution in [-0.2, 0) is 0 Å². The summed E-state index contributed by atoms with van der Waals surface area (Å²) in [4.78, 5) is 0. The van der Waals surface area contributed by atoms with Gasteiger partial charge in [0.05, 0.1) is 0 Å². The van der Waals surface area contributed by atoms with Gasteiger partial charge in [-0.25, -0.2) is 0 Å². The van der Waals surface area contributed by atoms with Crippen LogP contribution in [-0.4, -0.2) is 24.8 Å². The minimum absolute atomic E-state index is 0.250. The molecule has 0 aromatic heterocycles. The highest BCUT2D eigenvalue weighted by atomic mass is 16.2. The first kappa shape index (κ1) is 13.9. The maximum absolute atomic E-state index is 7.57. The predicted molar refractivity (Wildman–Crippen MR) is 62.4 cm³/mol. The first-order valence-corrected chi connectivity index (χ1v) is 5.77. The fourth-order valence-electron chi connectivity index (χ4n) is 2.65. The molecule has 14 heavy (non-hydrogen) atoms. The van der Waals surface area contributed by atoms with E-state index in [1.54, 1.807) is 6.92 Å². The lowest BCUT2D eigenvalue weighted by Gasteiger charge is -2.42. The number of rotatable bonds is 1. The summed E-state index contributed by atoms with van der Waals surface area (Å²) in [5.41, 5.74) is 0.506. The molecule has 0 saturated heterocycles. The van der Waals surface area contributed by atoms with Gasteiger partial charge >= 0.3 is 0 Å². The molecule has 1 aliphatic rings. The highest BCUT2D eigenvalue weighted by Gasteiger charge is 2.35. The number of hydrogen-bond acceptors (Lipinski definition) is 2. The molecule has 2 atom stereocenters. The minimum atomic E-state index is 0.250. The molecule has 2 N–H and O–H groups in total. The van der Waals surface area contributed by atoms with Gasteiger partial charge in [0.25, 0.3) is 0 Å². The Morgan fingerprint density at radius 3 is 2.21 bits per heavy atom. The van der Waals surface area contributed by atoms with Gasteiger partial charge in [-0.3, -0.25) is 0 Å². The smallest absolute Gasteiger partial charge is 0.0402 e. The molecule has 1 fully saturated rings. The van der Waals surface area contributed by atoms with Crippen molar-refractivity contribution in [2.45, 2.75) is 53.0 Å². The van der Waals surface area contributed by atoms with Crippen molar-refractivity contribution in [2.75, 3.05) is 13.7 Å². The zero-order valence-electron chi connectivity index (χ0n) is 10.4. The highest BCUT2D eigenvalue weighted by molar-refractivity contribution is 4.90. The van der Waals surface area contributed by atoms with Crippen molar-refractivity contribution in [3.63, 3.8) is 0 Å². The van der Waals surface area contributed by atoms with E-state index in [-0.39, 0.29) is 6.61 Å². The highest BCUT2D eigenvalue weighted by Crippen LogP contribution is 2.38. The van der Waals surface area contributed by atoms with E-state index in [0.717, 1.165) is 12.0 Å². The van der Waals surface area contributed by atoms with Gasteiger partial charge in [0.15, 0.2) is 0 Å². The van der Waals surface area contributed by atoms with Crippen molar-refractivity contribution in [3.8, 4) is 0 Å². The van der Waals surface area contributed by atoms with Gasteiger partial charge in [0, 0.05) is 12.6 Å². The molecule has 0 aromatic rings. The van der Waals surface area contributed by atoms with Crippen molar-refractivity contribution in [2.24, 2.45) is 11.3 Å². The molecule has 2 heteroatoms. The largest absolute Gasteiger partial charge is 0.397 e. The van der Waals surface area contributed by atoms with Gasteiger partial charge in [-0.1, -0.05) is 27.2 Å². The molecule has 0 aromatic carbocycles. The normalized spacial score (nSPS) is 30.4. The zero-order valence-corrected chi connectivity index (χ0v) is 10.4. The lowest BCUT2D eigenvalue weighted by atomic mass is 9.68. The maximum Gasteiger partial charge on any atom is 0.0402 e. The van der Waals surface area contributed by atoms with Crippen LogP contribution in [0.2, 0.25) is 0 Å². The van der Waals surface area contributed by atoms with E-state index < -0.39 is 0 Å². The summed E-state index contributed by atoms with van der Waals surface area (Å²) in [5, 5.41) is 11.0. The van der Waals surface area contributed by atoms with E-state index in [2.05, 4.69) is 33.1 Å². The molecule has 1 aliphatic carbocycles. The van der Waals surface area contributed by atoms with Crippen LogP contribution < -0.4 is 5.32 Å². The molecule has 0 amide bonds. The minimum Gasteiger partial charge on any atom is -0.397 e. The van der Waals surface area contributed by atoms with Gasteiger partial charge in [0.1, 0.15) is 0 Å². The molecule has 2 nitrogen and oxygen atoms in total. The summed E-state index contributed by atoms with van der Waals surface area (Å²) in [6.07, 6.45) is 4.18. The Hall–Kier alpha value is -0.0800. The topological polar surface area (TPSA) is 32.3 Å². The third-order valence-corrected chi connectivity index (χ3v) is 3.20. The van der Waals surface area contributed by atoms with Crippen molar-refractivity contribution < 1.29 is 5.11 Å². The van der Waals surface area contributed by atoms with Crippen molar-refractivity contribution in [3.05, 3.63) is 0 Å². The number of aliphatic hydroxyl groups excluding tert-OH is 1. The Morgan fingerprint density at radius 2 is 1.93 bits per heavy atom. The van der Waals surface area contributed by atoms with Gasteiger partial charge < -0.3 is 10.4 Å². The van der Waals surface area contributed by atoms with Gasteiger partial charge in [-0.05, 0) is 38.1 Å². The number of nitrogens with one attached hydrogen (secondary N) is 1. The average molecular weight is 201 g/mol. The first-order chi connectivity index (χ1) is 6.49. The molecule has 86 valence electrons. The Kier molecular flexibility index (Phi) is 6.38. The summed E-state index contributed by atoms with van der Waals surface area (Å²) < 4.78 is 0. The number of aliphatic hydroxyl groups is 1. The van der Waals surface area contributed by atoms with Crippen molar-refractivity contribution in [1.82, 2.24) is 5.32 Å². The fourth-order valence-corrected chi connectivity index (χ4v) is 2.65. The Balaban J connectivity index is 0.000000500. The van der Waals surface area contributed by atoms with Crippen LogP contribution in [0.5, 0.6) is 0 Å². The molecular formula is C12H27NO. The van der Waals surface area contributed by atoms with Gasteiger partial charge in [-0.2, -0.15) is 0 Å². The maximum atomic E-state index is 7.57. The van der Waals surface area contributed by atoms with E-state index in [1.165, 1.54) is 19.3 Å². The van der Waals surface area contributed by atoms with E-state index in [4.69, 9.17) is 5.11 Å². The second kappa shape index (κ2) is 6.41. The van der Waals surface area contributed by atoms with Gasteiger partial charge in [0.2, 0.25) is 0 Å². The molecule has 0 radical (unpaired) electrons. The van der Waals surface area contributed by atoms with E-state index >= 15 is 0 Å². The summed E-state index contributed by atoms with van der Waals surface area (Å²) in [6, 6.07) is 0.719. The second-order valence-electron chi connectivity index (χ2n) is 4.94. The van der Waals surface area contributed by atoms with Crippen molar-refractivity contribution >= 4 is 0 Å². The molecule has 1 rings (SSSR count). The average Bonchev–Trinajstić information content (AvgIpc) is 2.04. The Morgan fingerprint density at radius 1 is 1.43 bits per heavy atom. The SMILES string of the molecule is CCO.CNC1C(C)CCCC1(C)C. The second-order valence-corrected chi connectivity index (χ2v) is 4.94. The summed E-state index contributed by atoms with van der Waals surface area (Å²) >= 11 is 0. The third-order valence-electron chi connectivity index (χ3n) is 3.20. The summed E-state index contributed by atoms with van der Waals surface area (Å²) in [6.45, 7) is 9.05. The zero-order chi connectivity index (χ0) is 11.2. The summed E-state index contributed by atoms with van der Waals surface area (Å²) in [5.74, 6) is 0.851. The molecular weight excluding hydrogens is 174 g/mol. The quantitative estimate of drug-likeness (QED) is 0.683. The molecule has 0 spiro atoms. The Labute approximate surface area is 89.1 Å². The van der Waals surface area contributed by atoms with Crippen LogP contribution in [0.1, 0.15) is 47.0 Å². The molecule has 0 heterocycles. The lowest BCUT2D eigenvalue weighted by Crippen LogP contribution is -2.47. The van der Waals surface area contributed by atoms with E-state index in [9.17, 15) is 0 Å². The van der Waals surface area contributed by atoms with Crippen LogP contribution in [0.25, 0.3) is 0 Å². The van der Waals surface area contributed by atoms with Crippen LogP contribution in [0.4, 0.5) is 0 Å². The lowest BCUT2D eigenvalue weighted by molar-refractivity contribution is 0.124.